The van der Waals surface area contributed by atoms with Gasteiger partial charge in [0.25, 0.3) is 5.91 Å². The topological polar surface area (TPSA) is 53.8 Å². The van der Waals surface area contributed by atoms with Crippen molar-refractivity contribution in [3.05, 3.63) is 82.3 Å². The average molecular weight is 457 g/mol. The van der Waals surface area contributed by atoms with Crippen LogP contribution in [0.3, 0.4) is 0 Å². The first-order chi connectivity index (χ1) is 14.9. The summed E-state index contributed by atoms with van der Waals surface area (Å²) in [6.45, 7) is 6.74. The van der Waals surface area contributed by atoms with Gasteiger partial charge in [-0.15, -0.1) is 0 Å². The van der Waals surface area contributed by atoms with Crippen LogP contribution in [-0.2, 0) is 16.6 Å². The third-order valence-corrected chi connectivity index (χ3v) is 7.09. The number of hydrogen-bond donors (Lipinski definition) is 0. The molecule has 0 radical (unpaired) electrons. The maximum atomic E-state index is 12.9. The molecule has 162 valence electrons. The van der Waals surface area contributed by atoms with E-state index in [1.807, 2.05) is 49.4 Å². The van der Waals surface area contributed by atoms with E-state index in [9.17, 15) is 9.00 Å². The largest absolute Gasteiger partial charge is 0.455 e. The SMILES string of the molecule is Cc1ccc(S(=O)Cc2ccc(C(=O)N3CCN(c4cc(Cl)ccc4C)CC3)o2)cc1. The molecule has 1 unspecified atom stereocenters. The summed E-state index contributed by atoms with van der Waals surface area (Å²) >= 11 is 6.15. The summed E-state index contributed by atoms with van der Waals surface area (Å²) < 4.78 is 18.3. The Labute approximate surface area is 190 Å². The Morgan fingerprint density at radius 3 is 2.42 bits per heavy atom. The van der Waals surface area contributed by atoms with E-state index in [1.165, 1.54) is 5.56 Å². The van der Waals surface area contributed by atoms with Gasteiger partial charge in [0.1, 0.15) is 5.76 Å². The minimum absolute atomic E-state index is 0.130. The van der Waals surface area contributed by atoms with Crippen LogP contribution >= 0.6 is 11.6 Å². The second kappa shape index (κ2) is 9.28. The first kappa shape index (κ1) is 21.7. The minimum atomic E-state index is -1.21. The highest BCUT2D eigenvalue weighted by atomic mass is 35.5. The monoisotopic (exact) mass is 456 g/mol. The van der Waals surface area contributed by atoms with E-state index < -0.39 is 10.8 Å². The van der Waals surface area contributed by atoms with Crippen LogP contribution in [0.4, 0.5) is 5.69 Å². The van der Waals surface area contributed by atoms with Crippen molar-refractivity contribution < 1.29 is 13.4 Å². The Morgan fingerprint density at radius 1 is 1.00 bits per heavy atom. The number of hydrogen-bond acceptors (Lipinski definition) is 4. The first-order valence-corrected chi connectivity index (χ1v) is 11.9. The lowest BCUT2D eigenvalue weighted by atomic mass is 10.1. The molecular formula is C24H25ClN2O3S. The molecule has 0 N–H and O–H groups in total. The van der Waals surface area contributed by atoms with Gasteiger partial charge in [0.05, 0.1) is 16.6 Å². The quantitative estimate of drug-likeness (QED) is 0.552. The number of halogens is 1. The van der Waals surface area contributed by atoms with Crippen LogP contribution in [-0.4, -0.2) is 41.2 Å². The number of carbonyl (C=O) groups is 1. The summed E-state index contributed by atoms with van der Waals surface area (Å²) in [5.41, 5.74) is 3.40. The third kappa shape index (κ3) is 5.02. The van der Waals surface area contributed by atoms with Gasteiger partial charge in [-0.25, -0.2) is 0 Å². The summed E-state index contributed by atoms with van der Waals surface area (Å²) in [7, 11) is -1.21. The normalized spacial score (nSPS) is 15.2. The van der Waals surface area contributed by atoms with Crippen molar-refractivity contribution in [3.8, 4) is 0 Å². The van der Waals surface area contributed by atoms with Crippen LogP contribution in [0.1, 0.15) is 27.4 Å². The number of rotatable bonds is 5. The number of piperazine rings is 1. The van der Waals surface area contributed by atoms with Crippen LogP contribution in [0.15, 0.2) is 63.9 Å². The molecule has 1 atom stereocenters. The van der Waals surface area contributed by atoms with Crippen molar-refractivity contribution >= 4 is 34.0 Å². The highest BCUT2D eigenvalue weighted by Crippen LogP contribution is 2.26. The summed E-state index contributed by atoms with van der Waals surface area (Å²) in [6.07, 6.45) is 0. The van der Waals surface area contributed by atoms with Gasteiger partial charge in [-0.2, -0.15) is 0 Å². The molecule has 0 aliphatic carbocycles. The number of anilines is 1. The van der Waals surface area contributed by atoms with Crippen LogP contribution in [0, 0.1) is 13.8 Å². The van der Waals surface area contributed by atoms with Gasteiger partial charge >= 0.3 is 0 Å². The van der Waals surface area contributed by atoms with Crippen LogP contribution in [0.5, 0.6) is 0 Å². The van der Waals surface area contributed by atoms with Crippen LogP contribution in [0.25, 0.3) is 0 Å². The molecule has 1 aliphatic rings. The molecule has 5 nitrogen and oxygen atoms in total. The Kier molecular flexibility index (Phi) is 6.49. The van der Waals surface area contributed by atoms with E-state index in [1.54, 1.807) is 17.0 Å². The first-order valence-electron chi connectivity index (χ1n) is 10.2. The molecule has 4 rings (SSSR count). The van der Waals surface area contributed by atoms with E-state index in [0.717, 1.165) is 29.2 Å². The fraction of sp³-hybridized carbons (Fsp3) is 0.292. The Hall–Kier alpha value is -2.57. The number of furan rings is 1. The van der Waals surface area contributed by atoms with Crippen molar-refractivity contribution in [1.29, 1.82) is 0 Å². The summed E-state index contributed by atoms with van der Waals surface area (Å²) in [4.78, 5) is 17.7. The molecule has 3 aromatic rings. The van der Waals surface area contributed by atoms with Gasteiger partial charge in [0, 0.05) is 41.8 Å². The van der Waals surface area contributed by atoms with Crippen molar-refractivity contribution in [2.75, 3.05) is 31.1 Å². The molecule has 1 fully saturated rings. The highest BCUT2D eigenvalue weighted by molar-refractivity contribution is 7.84. The van der Waals surface area contributed by atoms with Crippen molar-refractivity contribution in [2.24, 2.45) is 0 Å². The van der Waals surface area contributed by atoms with Crippen molar-refractivity contribution in [3.63, 3.8) is 0 Å². The number of amides is 1. The van der Waals surface area contributed by atoms with Gasteiger partial charge < -0.3 is 14.2 Å². The molecule has 1 amide bonds. The second-order valence-corrected chi connectivity index (χ2v) is 9.67. The highest BCUT2D eigenvalue weighted by Gasteiger charge is 2.25. The van der Waals surface area contributed by atoms with Crippen molar-refractivity contribution in [1.82, 2.24) is 4.90 Å². The molecule has 1 aromatic heterocycles. The molecular weight excluding hydrogens is 432 g/mol. The molecule has 1 aliphatic heterocycles. The fourth-order valence-corrected chi connectivity index (χ4v) is 4.89. The molecule has 0 saturated carbocycles. The number of aryl methyl sites for hydroxylation is 2. The summed E-state index contributed by atoms with van der Waals surface area (Å²) in [6, 6.07) is 16.9. The predicted octanol–water partition coefficient (Wildman–Crippen LogP) is 4.82. The standard InChI is InChI=1S/C24H25ClN2O3S/c1-17-3-8-21(9-4-17)31(29)16-20-7-10-23(30-20)24(28)27-13-11-26(12-14-27)22-15-19(25)6-5-18(22)2/h3-10,15H,11-14,16H2,1-2H3. The number of nitrogens with zero attached hydrogens (tertiary/aromatic N) is 2. The maximum Gasteiger partial charge on any atom is 0.289 e. The zero-order chi connectivity index (χ0) is 22.0. The minimum Gasteiger partial charge on any atom is -0.455 e. The fourth-order valence-electron chi connectivity index (χ4n) is 3.70. The second-order valence-electron chi connectivity index (χ2n) is 7.78. The molecule has 31 heavy (non-hydrogen) atoms. The van der Waals surface area contributed by atoms with E-state index in [2.05, 4.69) is 11.8 Å². The molecule has 0 spiro atoms. The third-order valence-electron chi connectivity index (χ3n) is 5.51. The van der Waals surface area contributed by atoms with Crippen LogP contribution in [0.2, 0.25) is 5.02 Å². The molecule has 0 bridgehead atoms. The van der Waals surface area contributed by atoms with E-state index in [0.29, 0.717) is 29.6 Å². The van der Waals surface area contributed by atoms with E-state index in [4.69, 9.17) is 16.0 Å². The molecule has 2 heterocycles. The van der Waals surface area contributed by atoms with Crippen molar-refractivity contribution in [2.45, 2.75) is 24.5 Å². The zero-order valence-electron chi connectivity index (χ0n) is 17.6. The lowest BCUT2D eigenvalue weighted by molar-refractivity contribution is 0.0713. The summed E-state index contributed by atoms with van der Waals surface area (Å²) in [5, 5.41) is 0.713. The maximum absolute atomic E-state index is 12.9. The summed E-state index contributed by atoms with van der Waals surface area (Å²) in [5.74, 6) is 0.964. The van der Waals surface area contributed by atoms with E-state index >= 15 is 0 Å². The van der Waals surface area contributed by atoms with Gasteiger partial charge in [0.15, 0.2) is 5.76 Å². The predicted molar refractivity (Wildman–Crippen MR) is 124 cm³/mol. The van der Waals surface area contributed by atoms with Gasteiger partial charge in [0.2, 0.25) is 0 Å². The number of carbonyl (C=O) groups excluding carboxylic acids is 1. The Morgan fingerprint density at radius 2 is 1.71 bits per heavy atom. The zero-order valence-corrected chi connectivity index (χ0v) is 19.2. The van der Waals surface area contributed by atoms with Crippen LogP contribution < -0.4 is 4.90 Å². The lowest BCUT2D eigenvalue weighted by Gasteiger charge is -2.36. The smallest absolute Gasteiger partial charge is 0.289 e. The van der Waals surface area contributed by atoms with Gasteiger partial charge in [-0.05, 0) is 55.8 Å². The van der Waals surface area contributed by atoms with E-state index in [-0.39, 0.29) is 11.7 Å². The molecule has 7 heteroatoms. The van der Waals surface area contributed by atoms with Gasteiger partial charge in [-0.3, -0.25) is 9.00 Å². The molecule has 1 saturated heterocycles. The lowest BCUT2D eigenvalue weighted by Crippen LogP contribution is -2.48. The Balaban J connectivity index is 1.36. The number of benzene rings is 2. The average Bonchev–Trinajstić information content (AvgIpc) is 3.24. The van der Waals surface area contributed by atoms with Gasteiger partial charge in [-0.1, -0.05) is 35.4 Å². The Bertz CT molecular complexity index is 1100. The molecule has 2 aromatic carbocycles.